The van der Waals surface area contributed by atoms with Crippen LogP contribution >= 0.6 is 0 Å². The van der Waals surface area contributed by atoms with Crippen molar-refractivity contribution in [2.45, 2.75) is 6.42 Å². The van der Waals surface area contributed by atoms with E-state index in [1.54, 1.807) is 5.01 Å². The van der Waals surface area contributed by atoms with Gasteiger partial charge in [-0.25, -0.2) is 5.01 Å². The lowest BCUT2D eigenvalue weighted by atomic mass is 10.3. The summed E-state index contributed by atoms with van der Waals surface area (Å²) in [5, 5.41) is 1.62. The summed E-state index contributed by atoms with van der Waals surface area (Å²) < 4.78 is 0. The van der Waals surface area contributed by atoms with Crippen LogP contribution in [0.3, 0.4) is 0 Å². The van der Waals surface area contributed by atoms with Crippen LogP contribution in [0.15, 0.2) is 12.2 Å². The number of rotatable bonds is 2. The third kappa shape index (κ3) is 1.85. The van der Waals surface area contributed by atoms with E-state index < -0.39 is 0 Å². The minimum absolute atomic E-state index is 0.645. The third-order valence-corrected chi connectivity index (χ3v) is 1.06. The fraction of sp³-hybridized carbons (Fsp3) is 0.333. The van der Waals surface area contributed by atoms with Gasteiger partial charge in [0.2, 0.25) is 6.41 Å². The fourth-order valence-electron chi connectivity index (χ4n) is 0.653. The Balaban J connectivity index is 2.26. The molecule has 3 heteroatoms. The molecule has 1 rings (SSSR count). The molecule has 0 atom stereocenters. The van der Waals surface area contributed by atoms with Gasteiger partial charge in [0.25, 0.3) is 0 Å². The van der Waals surface area contributed by atoms with Crippen molar-refractivity contribution in [1.82, 2.24) is 10.4 Å². The van der Waals surface area contributed by atoms with Crippen LogP contribution in [0.5, 0.6) is 0 Å². The van der Waals surface area contributed by atoms with Crippen LogP contribution in [0.25, 0.3) is 0 Å². The van der Waals surface area contributed by atoms with Gasteiger partial charge in [-0.2, -0.15) is 0 Å². The van der Waals surface area contributed by atoms with E-state index in [0.717, 1.165) is 13.0 Å². The first-order valence-electron chi connectivity index (χ1n) is 2.79. The molecule has 0 fully saturated rings. The first kappa shape index (κ1) is 6.29. The molecule has 1 heterocycles. The predicted octanol–water partition coefficient (Wildman–Crippen LogP) is -0.0519. The van der Waals surface area contributed by atoms with Crippen molar-refractivity contribution in [2.24, 2.45) is 0 Å². The van der Waals surface area contributed by atoms with Gasteiger partial charge in [-0.15, -0.1) is 0 Å². The quantitative estimate of drug-likeness (QED) is 0.413. The van der Waals surface area contributed by atoms with Gasteiger partial charge in [-0.1, -0.05) is 12.2 Å². The molecular weight excluding hydrogens is 116 g/mol. The number of nitrogens with one attached hydrogen (secondary N) is 1. The Morgan fingerprint density at radius 1 is 1.67 bits per heavy atom. The lowest BCUT2D eigenvalue weighted by molar-refractivity contribution is -0.113. The third-order valence-electron chi connectivity index (χ3n) is 1.06. The maximum Gasteiger partial charge on any atom is 0.221 e. The number of carbonyl (C=O) groups is 1. The Labute approximate surface area is 54.3 Å². The maximum atomic E-state index is 9.86. The van der Waals surface area contributed by atoms with Gasteiger partial charge in [-0.05, 0) is 6.42 Å². The van der Waals surface area contributed by atoms with E-state index in [1.807, 2.05) is 12.2 Å². The zero-order valence-corrected chi connectivity index (χ0v) is 5.00. The average Bonchev–Trinajstić information content (AvgIpc) is 1.91. The van der Waals surface area contributed by atoms with Crippen LogP contribution in [-0.4, -0.2) is 18.0 Å². The Bertz CT molecular complexity index is 122. The molecule has 3 nitrogen and oxygen atoms in total. The number of carbonyl (C=O) groups excluding carboxylic acids is 1. The Kier molecular flexibility index (Phi) is 2.27. The molecule has 48 valence electrons. The van der Waals surface area contributed by atoms with Gasteiger partial charge in [0.05, 0.1) is 6.54 Å². The minimum Gasteiger partial charge on any atom is -0.291 e. The van der Waals surface area contributed by atoms with Crippen molar-refractivity contribution in [2.75, 3.05) is 6.54 Å². The lowest BCUT2D eigenvalue weighted by Gasteiger charge is -2.19. The van der Waals surface area contributed by atoms with Crippen molar-refractivity contribution in [3.63, 3.8) is 0 Å². The summed E-state index contributed by atoms with van der Waals surface area (Å²) in [6.07, 6.45) is 5.41. The monoisotopic (exact) mass is 124 g/mol. The van der Waals surface area contributed by atoms with Crippen LogP contribution in [0, 0.1) is 6.54 Å². The van der Waals surface area contributed by atoms with Gasteiger partial charge < -0.3 is 0 Å². The minimum atomic E-state index is 0.645. The number of hydrogen-bond donors (Lipinski definition) is 1. The maximum absolute atomic E-state index is 9.86. The Morgan fingerprint density at radius 3 is 3.11 bits per heavy atom. The molecular formula is C6H8N2O. The molecule has 0 aromatic heterocycles. The topological polar surface area (TPSA) is 32.3 Å². The standard InChI is InChI=1S/C6H8N2O/c9-6-7-8-4-2-1-3-5-8/h1-2,6H,3-4H2,(H,7,9). The van der Waals surface area contributed by atoms with Crippen LogP contribution in [-0.2, 0) is 4.79 Å². The molecule has 0 spiro atoms. The van der Waals surface area contributed by atoms with Crippen molar-refractivity contribution in [1.29, 1.82) is 0 Å². The summed E-state index contributed by atoms with van der Waals surface area (Å²) in [6.45, 7) is 3.65. The molecule has 0 aromatic carbocycles. The summed E-state index contributed by atoms with van der Waals surface area (Å²) in [5.41, 5.74) is 2.47. The second-order valence-electron chi connectivity index (χ2n) is 1.69. The number of amides is 1. The van der Waals surface area contributed by atoms with Crippen LogP contribution in [0.4, 0.5) is 0 Å². The normalized spacial score (nSPS) is 19.6. The van der Waals surface area contributed by atoms with E-state index >= 15 is 0 Å². The molecule has 9 heavy (non-hydrogen) atoms. The smallest absolute Gasteiger partial charge is 0.221 e. The van der Waals surface area contributed by atoms with Crippen LogP contribution in [0.2, 0.25) is 0 Å². The second-order valence-corrected chi connectivity index (χ2v) is 1.69. The zero-order chi connectivity index (χ0) is 6.53. The molecule has 0 unspecified atom stereocenters. The summed E-state index contributed by atoms with van der Waals surface area (Å²) in [6, 6.07) is 0. The highest BCUT2D eigenvalue weighted by Gasteiger charge is 2.03. The van der Waals surface area contributed by atoms with Crippen molar-refractivity contribution in [3.8, 4) is 0 Å². The molecule has 1 aliphatic heterocycles. The molecule has 0 saturated heterocycles. The molecule has 2 radical (unpaired) electrons. The molecule has 0 aromatic rings. The Morgan fingerprint density at radius 2 is 2.56 bits per heavy atom. The molecule has 0 aliphatic carbocycles. The molecule has 0 bridgehead atoms. The number of hydrogen-bond acceptors (Lipinski definition) is 2. The van der Waals surface area contributed by atoms with E-state index in [0.29, 0.717) is 6.41 Å². The first-order valence-corrected chi connectivity index (χ1v) is 2.79. The van der Waals surface area contributed by atoms with E-state index in [1.165, 1.54) is 0 Å². The lowest BCUT2D eigenvalue weighted by Crippen LogP contribution is -2.35. The fourth-order valence-corrected chi connectivity index (χ4v) is 0.653. The van der Waals surface area contributed by atoms with Gasteiger partial charge in [0, 0.05) is 6.54 Å². The summed E-state index contributed by atoms with van der Waals surface area (Å²) >= 11 is 0. The van der Waals surface area contributed by atoms with Gasteiger partial charge in [0.1, 0.15) is 0 Å². The van der Waals surface area contributed by atoms with E-state index in [2.05, 4.69) is 12.0 Å². The number of nitrogens with zero attached hydrogens (tertiary/aromatic N) is 1. The van der Waals surface area contributed by atoms with Crippen molar-refractivity contribution < 1.29 is 4.79 Å². The van der Waals surface area contributed by atoms with Gasteiger partial charge in [0.15, 0.2) is 0 Å². The van der Waals surface area contributed by atoms with Gasteiger partial charge >= 0.3 is 0 Å². The predicted molar refractivity (Wildman–Crippen MR) is 32.9 cm³/mol. The van der Waals surface area contributed by atoms with Crippen molar-refractivity contribution in [3.05, 3.63) is 18.7 Å². The molecule has 1 aliphatic rings. The highest BCUT2D eigenvalue weighted by molar-refractivity contribution is 5.45. The van der Waals surface area contributed by atoms with Crippen LogP contribution < -0.4 is 5.43 Å². The van der Waals surface area contributed by atoms with Crippen molar-refractivity contribution >= 4 is 6.41 Å². The highest BCUT2D eigenvalue weighted by atomic mass is 16.1. The van der Waals surface area contributed by atoms with E-state index in [4.69, 9.17) is 0 Å². The summed E-state index contributed by atoms with van der Waals surface area (Å²) in [4.78, 5) is 9.86. The van der Waals surface area contributed by atoms with Gasteiger partial charge in [-0.3, -0.25) is 10.2 Å². The average molecular weight is 124 g/mol. The van der Waals surface area contributed by atoms with E-state index in [9.17, 15) is 4.79 Å². The molecule has 0 saturated carbocycles. The zero-order valence-electron chi connectivity index (χ0n) is 5.00. The molecule has 1 amide bonds. The van der Waals surface area contributed by atoms with E-state index in [-0.39, 0.29) is 0 Å². The number of hydrazine groups is 1. The highest BCUT2D eigenvalue weighted by Crippen LogP contribution is 2.00. The summed E-state index contributed by atoms with van der Waals surface area (Å²) in [7, 11) is 0. The summed E-state index contributed by atoms with van der Waals surface area (Å²) in [5.74, 6) is 0. The SMILES string of the molecule is O=CNN1[C]CC=CC1. The Hall–Kier alpha value is -0.830. The molecule has 1 N–H and O–H groups in total. The second kappa shape index (κ2) is 3.25. The first-order chi connectivity index (χ1) is 4.43. The largest absolute Gasteiger partial charge is 0.291 e. The van der Waals surface area contributed by atoms with Crippen LogP contribution in [0.1, 0.15) is 6.42 Å².